The molecule has 1 aliphatic heterocycles. The van der Waals surface area contributed by atoms with Gasteiger partial charge in [-0.1, -0.05) is 6.07 Å². The second-order valence-electron chi connectivity index (χ2n) is 5.60. The van der Waals surface area contributed by atoms with Gasteiger partial charge in [0.1, 0.15) is 0 Å². The summed E-state index contributed by atoms with van der Waals surface area (Å²) in [7, 11) is 1.40. The summed E-state index contributed by atoms with van der Waals surface area (Å²) in [6.45, 7) is 1.11. The minimum absolute atomic E-state index is 0.0334. The van der Waals surface area contributed by atoms with Gasteiger partial charge in [-0.25, -0.2) is 0 Å². The minimum Gasteiger partial charge on any atom is -0.469 e. The molecule has 1 saturated heterocycles. The first-order valence-corrected chi connectivity index (χ1v) is 7.18. The Hall–Kier alpha value is -1.84. The number of fused-ring (bicyclic) bond motifs is 1. The van der Waals surface area contributed by atoms with E-state index < -0.39 is 0 Å². The first-order chi connectivity index (χ1) is 9.69. The number of rotatable bonds is 2. The van der Waals surface area contributed by atoms with Crippen molar-refractivity contribution in [1.82, 2.24) is 4.90 Å². The van der Waals surface area contributed by atoms with Crippen molar-refractivity contribution in [2.45, 2.75) is 25.7 Å². The molecule has 4 nitrogen and oxygen atoms in total. The molecule has 0 bridgehead atoms. The van der Waals surface area contributed by atoms with Crippen LogP contribution in [0.1, 0.15) is 34.3 Å². The van der Waals surface area contributed by atoms with Crippen LogP contribution in [0, 0.1) is 5.92 Å². The zero-order chi connectivity index (χ0) is 14.1. The van der Waals surface area contributed by atoms with Crippen molar-refractivity contribution in [1.29, 1.82) is 0 Å². The fourth-order valence-electron chi connectivity index (χ4n) is 3.19. The SMILES string of the molecule is COC(=O)C1CCN(C(=O)c2ccc3c(c2)CCC3)C1. The Morgan fingerprint density at radius 1 is 1.25 bits per heavy atom. The van der Waals surface area contributed by atoms with E-state index in [1.54, 1.807) is 4.90 Å². The predicted molar refractivity (Wildman–Crippen MR) is 74.5 cm³/mol. The fourth-order valence-corrected chi connectivity index (χ4v) is 3.19. The van der Waals surface area contributed by atoms with Crippen LogP contribution >= 0.6 is 0 Å². The molecule has 1 fully saturated rings. The van der Waals surface area contributed by atoms with Gasteiger partial charge in [0.15, 0.2) is 0 Å². The number of aryl methyl sites for hydroxylation is 2. The van der Waals surface area contributed by atoms with E-state index in [4.69, 9.17) is 4.74 Å². The Morgan fingerprint density at radius 3 is 2.85 bits per heavy atom. The lowest BCUT2D eigenvalue weighted by molar-refractivity contribution is -0.144. The number of carbonyl (C=O) groups is 2. The lowest BCUT2D eigenvalue weighted by Crippen LogP contribution is -2.30. The number of methoxy groups -OCH3 is 1. The molecule has 1 atom stereocenters. The molecule has 1 aliphatic carbocycles. The number of carbonyl (C=O) groups excluding carboxylic acids is 2. The number of nitrogens with zero attached hydrogens (tertiary/aromatic N) is 1. The molecule has 0 N–H and O–H groups in total. The highest BCUT2D eigenvalue weighted by Gasteiger charge is 2.32. The van der Waals surface area contributed by atoms with E-state index in [-0.39, 0.29) is 17.8 Å². The van der Waals surface area contributed by atoms with Crippen molar-refractivity contribution in [2.24, 2.45) is 5.92 Å². The Morgan fingerprint density at radius 2 is 2.05 bits per heavy atom. The molecule has 4 heteroatoms. The second-order valence-corrected chi connectivity index (χ2v) is 5.60. The van der Waals surface area contributed by atoms with Gasteiger partial charge in [-0.15, -0.1) is 0 Å². The summed E-state index contributed by atoms with van der Waals surface area (Å²) in [5, 5.41) is 0. The first kappa shape index (κ1) is 13.2. The highest BCUT2D eigenvalue weighted by atomic mass is 16.5. The second kappa shape index (κ2) is 5.27. The molecular weight excluding hydrogens is 254 g/mol. The molecule has 20 heavy (non-hydrogen) atoms. The average Bonchev–Trinajstić information content (AvgIpc) is 3.13. The Balaban J connectivity index is 1.72. The van der Waals surface area contributed by atoms with Crippen molar-refractivity contribution in [3.8, 4) is 0 Å². The summed E-state index contributed by atoms with van der Waals surface area (Å²) < 4.78 is 4.75. The lowest BCUT2D eigenvalue weighted by atomic mass is 10.1. The van der Waals surface area contributed by atoms with Gasteiger partial charge >= 0.3 is 5.97 Å². The molecule has 1 heterocycles. The zero-order valence-corrected chi connectivity index (χ0v) is 11.7. The van der Waals surface area contributed by atoms with Crippen LogP contribution in [0.2, 0.25) is 0 Å². The van der Waals surface area contributed by atoms with Gasteiger partial charge in [-0.2, -0.15) is 0 Å². The van der Waals surface area contributed by atoms with Gasteiger partial charge in [0.05, 0.1) is 13.0 Å². The molecule has 106 valence electrons. The molecule has 1 aromatic carbocycles. The van der Waals surface area contributed by atoms with E-state index in [1.807, 2.05) is 12.1 Å². The summed E-state index contributed by atoms with van der Waals surface area (Å²) in [5.74, 6) is -0.348. The van der Waals surface area contributed by atoms with Crippen LogP contribution in [0.15, 0.2) is 18.2 Å². The monoisotopic (exact) mass is 273 g/mol. The van der Waals surface area contributed by atoms with Gasteiger partial charge < -0.3 is 9.64 Å². The molecule has 0 radical (unpaired) electrons. The Kier molecular flexibility index (Phi) is 3.47. The fraction of sp³-hybridized carbons (Fsp3) is 0.500. The molecule has 1 aromatic rings. The van der Waals surface area contributed by atoms with Crippen molar-refractivity contribution in [3.05, 3.63) is 34.9 Å². The number of ether oxygens (including phenoxy) is 1. The standard InChI is InChI=1S/C16H19NO3/c1-20-16(19)14-7-8-17(10-14)15(18)13-6-5-11-3-2-4-12(11)9-13/h5-6,9,14H,2-4,7-8,10H2,1H3. The van der Waals surface area contributed by atoms with Crippen LogP contribution in [0.5, 0.6) is 0 Å². The predicted octanol–water partition coefficient (Wildman–Crippen LogP) is 1.81. The van der Waals surface area contributed by atoms with E-state index in [0.717, 1.165) is 18.4 Å². The highest BCUT2D eigenvalue weighted by molar-refractivity contribution is 5.95. The quantitative estimate of drug-likeness (QED) is 0.772. The molecule has 3 rings (SSSR count). The maximum absolute atomic E-state index is 12.5. The maximum atomic E-state index is 12.5. The highest BCUT2D eigenvalue weighted by Crippen LogP contribution is 2.25. The maximum Gasteiger partial charge on any atom is 0.310 e. The van der Waals surface area contributed by atoms with E-state index in [0.29, 0.717) is 19.5 Å². The van der Waals surface area contributed by atoms with E-state index in [9.17, 15) is 9.59 Å². The van der Waals surface area contributed by atoms with Crippen molar-refractivity contribution in [2.75, 3.05) is 20.2 Å². The summed E-state index contributed by atoms with van der Waals surface area (Å²) in [6.07, 6.45) is 4.07. The normalized spacial score (nSPS) is 20.9. The van der Waals surface area contributed by atoms with Crippen molar-refractivity contribution >= 4 is 11.9 Å². The van der Waals surface area contributed by atoms with Crippen molar-refractivity contribution in [3.63, 3.8) is 0 Å². The average molecular weight is 273 g/mol. The molecule has 2 aliphatic rings. The summed E-state index contributed by atoms with van der Waals surface area (Å²) in [6, 6.07) is 6.01. The molecule has 1 unspecified atom stereocenters. The smallest absolute Gasteiger partial charge is 0.310 e. The van der Waals surface area contributed by atoms with Crippen LogP contribution < -0.4 is 0 Å². The van der Waals surface area contributed by atoms with Crippen molar-refractivity contribution < 1.29 is 14.3 Å². The number of likely N-dealkylation sites (tertiary alicyclic amines) is 1. The third kappa shape index (κ3) is 2.30. The summed E-state index contributed by atoms with van der Waals surface area (Å²) >= 11 is 0. The van der Waals surface area contributed by atoms with Gasteiger partial charge in [0.2, 0.25) is 0 Å². The van der Waals surface area contributed by atoms with Gasteiger partial charge in [-0.3, -0.25) is 9.59 Å². The van der Waals surface area contributed by atoms with Gasteiger partial charge in [0.25, 0.3) is 5.91 Å². The number of benzene rings is 1. The third-order valence-corrected chi connectivity index (χ3v) is 4.36. The summed E-state index contributed by atoms with van der Waals surface area (Å²) in [4.78, 5) is 25.8. The van der Waals surface area contributed by atoms with E-state index in [1.165, 1.54) is 24.7 Å². The summed E-state index contributed by atoms with van der Waals surface area (Å²) in [5.41, 5.74) is 3.42. The number of hydrogen-bond acceptors (Lipinski definition) is 3. The van der Waals surface area contributed by atoms with Crippen LogP contribution in [-0.2, 0) is 22.4 Å². The van der Waals surface area contributed by atoms with Crippen LogP contribution in [-0.4, -0.2) is 37.0 Å². The molecule has 0 saturated carbocycles. The van der Waals surface area contributed by atoms with E-state index >= 15 is 0 Å². The van der Waals surface area contributed by atoms with Crippen LogP contribution in [0.3, 0.4) is 0 Å². The third-order valence-electron chi connectivity index (χ3n) is 4.36. The molecule has 1 amide bonds. The van der Waals surface area contributed by atoms with Gasteiger partial charge in [-0.05, 0) is 48.9 Å². The van der Waals surface area contributed by atoms with E-state index in [2.05, 4.69) is 6.07 Å². The molecule has 0 aromatic heterocycles. The minimum atomic E-state index is -0.214. The topological polar surface area (TPSA) is 46.6 Å². The zero-order valence-electron chi connectivity index (χ0n) is 11.7. The van der Waals surface area contributed by atoms with Crippen LogP contribution in [0.4, 0.5) is 0 Å². The molecular formula is C16H19NO3. The number of amides is 1. The number of hydrogen-bond donors (Lipinski definition) is 0. The largest absolute Gasteiger partial charge is 0.469 e. The molecule has 0 spiro atoms. The van der Waals surface area contributed by atoms with Gasteiger partial charge in [0, 0.05) is 18.7 Å². The first-order valence-electron chi connectivity index (χ1n) is 7.18. The lowest BCUT2D eigenvalue weighted by Gasteiger charge is -2.16. The Labute approximate surface area is 118 Å². The van der Waals surface area contributed by atoms with Crippen LogP contribution in [0.25, 0.3) is 0 Å². The Bertz CT molecular complexity index is 553. The number of esters is 1.